The summed E-state index contributed by atoms with van der Waals surface area (Å²) < 4.78 is 11.1. The number of para-hydroxylation sites is 1. The van der Waals surface area contributed by atoms with Gasteiger partial charge in [0.2, 0.25) is 0 Å². The number of nitrogens with two attached hydrogens (primary N) is 1. The lowest BCUT2D eigenvalue weighted by molar-refractivity contribution is 0.145. The molecule has 128 valence electrons. The Balaban J connectivity index is 1.82. The summed E-state index contributed by atoms with van der Waals surface area (Å²) in [6, 6.07) is 17.6. The number of hydrogen-bond donors (Lipinski definition) is 2. The van der Waals surface area contributed by atoms with Crippen LogP contribution in [0.4, 0.5) is 0 Å². The Labute approximate surface area is 143 Å². The Morgan fingerprint density at radius 2 is 1.88 bits per heavy atom. The highest BCUT2D eigenvalue weighted by Gasteiger charge is 1.99. The van der Waals surface area contributed by atoms with Gasteiger partial charge in [-0.15, -0.1) is 0 Å². The third kappa shape index (κ3) is 6.71. The predicted octanol–water partition coefficient (Wildman–Crippen LogP) is 3.31. The van der Waals surface area contributed by atoms with Crippen LogP contribution in [0.2, 0.25) is 0 Å². The lowest BCUT2D eigenvalue weighted by atomic mass is 10.2. The van der Waals surface area contributed by atoms with E-state index in [2.05, 4.69) is 10.3 Å². The van der Waals surface area contributed by atoms with Crippen molar-refractivity contribution in [3.05, 3.63) is 60.2 Å². The van der Waals surface area contributed by atoms with Crippen molar-refractivity contribution in [3.8, 4) is 11.5 Å². The van der Waals surface area contributed by atoms with E-state index >= 15 is 0 Å². The van der Waals surface area contributed by atoms with E-state index in [-0.39, 0.29) is 0 Å². The average Bonchev–Trinajstić information content (AvgIpc) is 2.61. The van der Waals surface area contributed by atoms with Gasteiger partial charge in [0, 0.05) is 19.8 Å². The van der Waals surface area contributed by atoms with Crippen LogP contribution in [0.15, 0.2) is 59.6 Å². The highest BCUT2D eigenvalue weighted by atomic mass is 16.5. The minimum atomic E-state index is 0.445. The first-order chi connectivity index (χ1) is 11.8. The number of ether oxygens (including phenoxy) is 2. The van der Waals surface area contributed by atoms with Crippen molar-refractivity contribution in [1.29, 1.82) is 0 Å². The molecule has 0 bridgehead atoms. The van der Waals surface area contributed by atoms with Crippen LogP contribution >= 0.6 is 0 Å². The first kappa shape index (κ1) is 17.8. The zero-order chi connectivity index (χ0) is 17.0. The molecule has 0 heterocycles. The maximum Gasteiger partial charge on any atom is 0.188 e. The number of hydrogen-bond acceptors (Lipinski definition) is 3. The van der Waals surface area contributed by atoms with Gasteiger partial charge in [-0.05, 0) is 43.2 Å². The Kier molecular flexibility index (Phi) is 7.63. The largest absolute Gasteiger partial charge is 0.457 e. The molecule has 0 amide bonds. The summed E-state index contributed by atoms with van der Waals surface area (Å²) in [7, 11) is 0. The quantitative estimate of drug-likeness (QED) is 0.421. The molecule has 2 rings (SSSR count). The summed E-state index contributed by atoms with van der Waals surface area (Å²) in [4.78, 5) is 4.35. The monoisotopic (exact) mass is 327 g/mol. The minimum absolute atomic E-state index is 0.445. The Bertz CT molecular complexity index is 630. The molecule has 0 atom stereocenters. The van der Waals surface area contributed by atoms with Crippen LogP contribution in [-0.4, -0.2) is 25.7 Å². The summed E-state index contributed by atoms with van der Waals surface area (Å²) in [5, 5.41) is 3.08. The molecule has 0 fully saturated rings. The van der Waals surface area contributed by atoms with Crippen LogP contribution in [0.3, 0.4) is 0 Å². The zero-order valence-electron chi connectivity index (χ0n) is 14.1. The summed E-state index contributed by atoms with van der Waals surface area (Å²) in [6.07, 6.45) is 0.907. The zero-order valence-corrected chi connectivity index (χ0v) is 14.1. The average molecular weight is 327 g/mol. The summed E-state index contributed by atoms with van der Waals surface area (Å²) in [5.41, 5.74) is 6.91. The first-order valence-electron chi connectivity index (χ1n) is 8.21. The normalized spacial score (nSPS) is 11.3. The highest BCUT2D eigenvalue weighted by Crippen LogP contribution is 2.21. The van der Waals surface area contributed by atoms with Gasteiger partial charge in [-0.2, -0.15) is 0 Å². The molecule has 0 aliphatic rings. The summed E-state index contributed by atoms with van der Waals surface area (Å²) >= 11 is 0. The number of rotatable bonds is 9. The fourth-order valence-electron chi connectivity index (χ4n) is 2.10. The molecule has 2 aromatic carbocycles. The lowest BCUT2D eigenvalue weighted by Crippen LogP contribution is -2.32. The van der Waals surface area contributed by atoms with Crippen molar-refractivity contribution in [2.24, 2.45) is 10.7 Å². The van der Waals surface area contributed by atoms with Crippen LogP contribution in [0.25, 0.3) is 0 Å². The van der Waals surface area contributed by atoms with Crippen molar-refractivity contribution in [2.45, 2.75) is 19.9 Å². The fourth-order valence-corrected chi connectivity index (χ4v) is 2.10. The van der Waals surface area contributed by atoms with E-state index in [1.165, 1.54) is 0 Å². The number of aliphatic imine (C=N–C) groups is 1. The Morgan fingerprint density at radius 1 is 1.08 bits per heavy atom. The van der Waals surface area contributed by atoms with Gasteiger partial charge in [-0.3, -0.25) is 0 Å². The molecule has 0 saturated carbocycles. The van der Waals surface area contributed by atoms with Gasteiger partial charge in [0.15, 0.2) is 5.96 Å². The molecule has 0 radical (unpaired) electrons. The molecule has 0 saturated heterocycles. The fraction of sp³-hybridized carbons (Fsp3) is 0.316. The minimum Gasteiger partial charge on any atom is -0.457 e. The van der Waals surface area contributed by atoms with E-state index in [0.29, 0.717) is 12.5 Å². The second kappa shape index (κ2) is 10.3. The van der Waals surface area contributed by atoms with Crippen molar-refractivity contribution < 1.29 is 9.47 Å². The van der Waals surface area contributed by atoms with Crippen molar-refractivity contribution in [2.75, 3.05) is 19.8 Å². The molecule has 0 aromatic heterocycles. The maximum absolute atomic E-state index is 5.86. The van der Waals surface area contributed by atoms with Crippen LogP contribution in [0.5, 0.6) is 11.5 Å². The highest BCUT2D eigenvalue weighted by molar-refractivity contribution is 5.77. The van der Waals surface area contributed by atoms with Crippen LogP contribution in [0.1, 0.15) is 18.9 Å². The molecule has 0 spiro atoms. The molecule has 2 aromatic rings. The van der Waals surface area contributed by atoms with E-state index in [0.717, 1.165) is 43.2 Å². The van der Waals surface area contributed by atoms with Crippen LogP contribution in [-0.2, 0) is 11.3 Å². The second-order valence-electron chi connectivity index (χ2n) is 5.24. The van der Waals surface area contributed by atoms with Crippen molar-refractivity contribution in [1.82, 2.24) is 5.32 Å². The molecular weight excluding hydrogens is 302 g/mol. The van der Waals surface area contributed by atoms with E-state index < -0.39 is 0 Å². The van der Waals surface area contributed by atoms with Gasteiger partial charge in [0.1, 0.15) is 11.5 Å². The van der Waals surface area contributed by atoms with Gasteiger partial charge in [0.05, 0.1) is 6.54 Å². The third-order valence-corrected chi connectivity index (χ3v) is 3.29. The van der Waals surface area contributed by atoms with Gasteiger partial charge >= 0.3 is 0 Å². The second-order valence-corrected chi connectivity index (χ2v) is 5.24. The van der Waals surface area contributed by atoms with E-state index in [1.54, 1.807) is 0 Å². The summed E-state index contributed by atoms with van der Waals surface area (Å²) in [6.45, 7) is 4.72. The third-order valence-electron chi connectivity index (χ3n) is 3.29. The molecule has 0 aliphatic carbocycles. The van der Waals surface area contributed by atoms with Gasteiger partial charge in [-0.25, -0.2) is 4.99 Å². The molecule has 3 N–H and O–H groups in total. The Morgan fingerprint density at radius 3 is 2.67 bits per heavy atom. The van der Waals surface area contributed by atoms with Crippen molar-refractivity contribution in [3.63, 3.8) is 0 Å². The first-order valence-corrected chi connectivity index (χ1v) is 8.21. The van der Waals surface area contributed by atoms with Crippen molar-refractivity contribution >= 4 is 5.96 Å². The van der Waals surface area contributed by atoms with E-state index in [9.17, 15) is 0 Å². The van der Waals surface area contributed by atoms with Crippen LogP contribution in [0, 0.1) is 0 Å². The molecule has 5 nitrogen and oxygen atoms in total. The SMILES string of the molecule is CCOCCCNC(N)=NCc1cccc(Oc2ccccc2)c1. The summed E-state index contributed by atoms with van der Waals surface area (Å²) in [5.74, 6) is 2.05. The smallest absolute Gasteiger partial charge is 0.188 e. The molecule has 24 heavy (non-hydrogen) atoms. The van der Waals surface area contributed by atoms with E-state index in [1.807, 2.05) is 61.5 Å². The Hall–Kier alpha value is -2.53. The van der Waals surface area contributed by atoms with E-state index in [4.69, 9.17) is 15.2 Å². The molecule has 0 unspecified atom stereocenters. The molecular formula is C19H25N3O2. The number of benzene rings is 2. The molecule has 0 aliphatic heterocycles. The number of nitrogens with zero attached hydrogens (tertiary/aromatic N) is 1. The van der Waals surface area contributed by atoms with Gasteiger partial charge in [0.25, 0.3) is 0 Å². The van der Waals surface area contributed by atoms with Gasteiger partial charge in [-0.1, -0.05) is 30.3 Å². The number of nitrogens with one attached hydrogen (secondary N) is 1. The lowest BCUT2D eigenvalue weighted by Gasteiger charge is -2.08. The van der Waals surface area contributed by atoms with Gasteiger partial charge < -0.3 is 20.5 Å². The number of guanidine groups is 1. The standard InChI is InChI=1S/C19H25N3O2/c1-2-23-13-7-12-21-19(20)22-15-16-8-6-11-18(14-16)24-17-9-4-3-5-10-17/h3-6,8-11,14H,2,7,12-13,15H2,1H3,(H3,20,21,22). The maximum atomic E-state index is 5.86. The molecule has 5 heteroatoms. The topological polar surface area (TPSA) is 68.9 Å². The predicted molar refractivity (Wildman–Crippen MR) is 97.4 cm³/mol. The van der Waals surface area contributed by atoms with Crippen LogP contribution < -0.4 is 15.8 Å².